The summed E-state index contributed by atoms with van der Waals surface area (Å²) in [6.45, 7) is 0.0353. The average Bonchev–Trinajstić information content (AvgIpc) is 2.69. The second-order valence-corrected chi connectivity index (χ2v) is 4.24. The van der Waals surface area contributed by atoms with Crippen LogP contribution in [-0.2, 0) is 11.0 Å². The van der Waals surface area contributed by atoms with Crippen LogP contribution in [0.3, 0.4) is 0 Å². The third-order valence-electron chi connectivity index (χ3n) is 2.92. The Labute approximate surface area is 107 Å². The van der Waals surface area contributed by atoms with Crippen LogP contribution in [0.4, 0.5) is 23.2 Å². The molecule has 0 spiro atoms. The molecular weight excluding hydrogens is 262 g/mol. The number of terminal acetylenes is 1. The smallest absolute Gasteiger partial charge is 0.308 e. The van der Waals surface area contributed by atoms with Crippen LogP contribution in [0, 0.1) is 24.1 Å². The van der Waals surface area contributed by atoms with E-state index in [0.717, 1.165) is 4.90 Å². The molecule has 1 unspecified atom stereocenters. The maximum atomic E-state index is 13.6. The van der Waals surface area contributed by atoms with Crippen molar-refractivity contribution in [2.45, 2.75) is 12.6 Å². The van der Waals surface area contributed by atoms with Gasteiger partial charge < -0.3 is 4.90 Å². The molecule has 1 fully saturated rings. The van der Waals surface area contributed by atoms with Crippen LogP contribution in [0.15, 0.2) is 18.2 Å². The number of hydrogen-bond donors (Lipinski definition) is 0. The SMILES string of the molecule is C#CC1CC(=O)N(c2cc(C(F)(F)F)ccc2F)C1. The number of amides is 1. The molecule has 2 rings (SSSR count). The number of benzene rings is 1. The van der Waals surface area contributed by atoms with E-state index >= 15 is 0 Å². The first-order chi connectivity index (χ1) is 8.82. The Balaban J connectivity index is 2.40. The Bertz CT molecular complexity index is 559. The van der Waals surface area contributed by atoms with Crippen LogP contribution >= 0.6 is 0 Å². The molecule has 1 saturated heterocycles. The first-order valence-corrected chi connectivity index (χ1v) is 5.46. The van der Waals surface area contributed by atoms with Crippen LogP contribution < -0.4 is 4.90 Å². The van der Waals surface area contributed by atoms with Gasteiger partial charge in [-0.2, -0.15) is 13.2 Å². The zero-order valence-electron chi connectivity index (χ0n) is 9.67. The number of nitrogens with zero attached hydrogens (tertiary/aromatic N) is 1. The summed E-state index contributed by atoms with van der Waals surface area (Å²) in [5.74, 6) is 0.603. The van der Waals surface area contributed by atoms with Gasteiger partial charge in [0.25, 0.3) is 0 Å². The van der Waals surface area contributed by atoms with Crippen molar-refractivity contribution in [1.82, 2.24) is 0 Å². The van der Waals surface area contributed by atoms with Crippen molar-refractivity contribution in [3.05, 3.63) is 29.6 Å². The summed E-state index contributed by atoms with van der Waals surface area (Å²) in [7, 11) is 0. The molecule has 0 N–H and O–H groups in total. The summed E-state index contributed by atoms with van der Waals surface area (Å²) >= 11 is 0. The fourth-order valence-corrected chi connectivity index (χ4v) is 1.95. The van der Waals surface area contributed by atoms with E-state index in [1.165, 1.54) is 0 Å². The van der Waals surface area contributed by atoms with E-state index in [1.807, 2.05) is 0 Å². The summed E-state index contributed by atoms with van der Waals surface area (Å²) < 4.78 is 51.3. The molecule has 1 aliphatic heterocycles. The van der Waals surface area contributed by atoms with Crippen molar-refractivity contribution < 1.29 is 22.4 Å². The molecule has 0 aromatic heterocycles. The highest BCUT2D eigenvalue weighted by molar-refractivity contribution is 5.96. The van der Waals surface area contributed by atoms with Gasteiger partial charge in [-0.05, 0) is 18.2 Å². The van der Waals surface area contributed by atoms with Crippen molar-refractivity contribution in [2.24, 2.45) is 5.92 Å². The van der Waals surface area contributed by atoms with Gasteiger partial charge in [0.15, 0.2) is 0 Å². The lowest BCUT2D eigenvalue weighted by Gasteiger charge is -2.18. The van der Waals surface area contributed by atoms with Gasteiger partial charge in [0.2, 0.25) is 5.91 Å². The van der Waals surface area contributed by atoms with Crippen molar-refractivity contribution in [2.75, 3.05) is 11.4 Å². The summed E-state index contributed by atoms with van der Waals surface area (Å²) in [4.78, 5) is 12.6. The molecule has 1 amide bonds. The van der Waals surface area contributed by atoms with E-state index in [2.05, 4.69) is 5.92 Å². The van der Waals surface area contributed by atoms with E-state index in [9.17, 15) is 22.4 Å². The molecule has 0 bridgehead atoms. The van der Waals surface area contributed by atoms with Gasteiger partial charge in [-0.25, -0.2) is 4.39 Å². The van der Waals surface area contributed by atoms with E-state index in [1.54, 1.807) is 0 Å². The second kappa shape index (κ2) is 4.57. The van der Waals surface area contributed by atoms with Crippen molar-refractivity contribution in [3.63, 3.8) is 0 Å². The van der Waals surface area contributed by atoms with Gasteiger partial charge in [0.1, 0.15) is 5.82 Å². The summed E-state index contributed by atoms with van der Waals surface area (Å²) in [5, 5.41) is 0. The minimum atomic E-state index is -4.59. The molecule has 100 valence electrons. The minimum Gasteiger partial charge on any atom is -0.308 e. The highest BCUT2D eigenvalue weighted by Gasteiger charge is 2.35. The zero-order chi connectivity index (χ0) is 14.2. The minimum absolute atomic E-state index is 0.0200. The van der Waals surface area contributed by atoms with Crippen molar-refractivity contribution in [3.8, 4) is 12.3 Å². The topological polar surface area (TPSA) is 20.3 Å². The lowest BCUT2D eigenvalue weighted by molar-refractivity contribution is -0.137. The Kier molecular flexibility index (Phi) is 3.23. The summed E-state index contributed by atoms with van der Waals surface area (Å²) in [6, 6.07) is 1.97. The summed E-state index contributed by atoms with van der Waals surface area (Å²) in [5.41, 5.74) is -1.38. The monoisotopic (exact) mass is 271 g/mol. The molecule has 2 nitrogen and oxygen atoms in total. The van der Waals surface area contributed by atoms with E-state index < -0.39 is 29.4 Å². The number of halogens is 4. The largest absolute Gasteiger partial charge is 0.416 e. The highest BCUT2D eigenvalue weighted by atomic mass is 19.4. The third-order valence-corrected chi connectivity index (χ3v) is 2.92. The van der Waals surface area contributed by atoms with Crippen molar-refractivity contribution >= 4 is 11.6 Å². The van der Waals surface area contributed by atoms with Crippen molar-refractivity contribution in [1.29, 1.82) is 0 Å². The van der Waals surface area contributed by atoms with E-state index in [4.69, 9.17) is 6.42 Å². The van der Waals surface area contributed by atoms with E-state index in [0.29, 0.717) is 18.2 Å². The molecule has 1 aliphatic rings. The first-order valence-electron chi connectivity index (χ1n) is 5.46. The van der Waals surface area contributed by atoms with Crippen LogP contribution in [0.5, 0.6) is 0 Å². The quantitative estimate of drug-likeness (QED) is 0.568. The number of hydrogen-bond acceptors (Lipinski definition) is 1. The maximum absolute atomic E-state index is 13.6. The molecular formula is C13H9F4NO. The lowest BCUT2D eigenvalue weighted by Crippen LogP contribution is -2.26. The highest BCUT2D eigenvalue weighted by Crippen LogP contribution is 2.34. The Morgan fingerprint density at radius 3 is 2.58 bits per heavy atom. The Morgan fingerprint density at radius 2 is 2.05 bits per heavy atom. The fraction of sp³-hybridized carbons (Fsp3) is 0.308. The van der Waals surface area contributed by atoms with Crippen LogP contribution in [0.1, 0.15) is 12.0 Å². The molecule has 19 heavy (non-hydrogen) atoms. The molecule has 0 aliphatic carbocycles. The number of carbonyl (C=O) groups excluding carboxylic acids is 1. The van der Waals surface area contributed by atoms with Crippen LogP contribution in [-0.4, -0.2) is 12.5 Å². The maximum Gasteiger partial charge on any atom is 0.416 e. The zero-order valence-corrected chi connectivity index (χ0v) is 9.67. The number of rotatable bonds is 1. The second-order valence-electron chi connectivity index (χ2n) is 4.24. The van der Waals surface area contributed by atoms with Gasteiger partial charge in [0, 0.05) is 18.9 Å². The number of carbonyl (C=O) groups is 1. The summed E-state index contributed by atoms with van der Waals surface area (Å²) in [6.07, 6.45) is 0.604. The molecule has 0 radical (unpaired) electrons. The average molecular weight is 271 g/mol. The fourth-order valence-electron chi connectivity index (χ4n) is 1.95. The Hall–Kier alpha value is -2.03. The molecule has 1 aromatic rings. The third kappa shape index (κ3) is 2.55. The molecule has 1 atom stereocenters. The Morgan fingerprint density at radius 1 is 1.37 bits per heavy atom. The van der Waals surface area contributed by atoms with Crippen LogP contribution in [0.2, 0.25) is 0 Å². The van der Waals surface area contributed by atoms with Gasteiger partial charge in [-0.3, -0.25) is 4.79 Å². The van der Waals surface area contributed by atoms with E-state index in [-0.39, 0.29) is 18.7 Å². The first kappa shape index (κ1) is 13.4. The molecule has 6 heteroatoms. The van der Waals surface area contributed by atoms with Gasteiger partial charge in [0.05, 0.1) is 11.3 Å². The number of alkyl halides is 3. The van der Waals surface area contributed by atoms with Gasteiger partial charge in [-0.15, -0.1) is 12.3 Å². The van der Waals surface area contributed by atoms with Gasteiger partial charge in [-0.1, -0.05) is 0 Å². The molecule has 0 saturated carbocycles. The predicted octanol–water partition coefficient (Wildman–Crippen LogP) is 2.83. The van der Waals surface area contributed by atoms with Gasteiger partial charge >= 0.3 is 6.18 Å². The molecule has 1 aromatic carbocycles. The standard InChI is InChI=1S/C13H9F4NO/c1-2-8-5-12(19)18(7-8)11-6-9(13(15,16)17)3-4-10(11)14/h1,3-4,6,8H,5,7H2. The lowest BCUT2D eigenvalue weighted by atomic mass is 10.1. The van der Waals surface area contributed by atoms with Crippen LogP contribution in [0.25, 0.3) is 0 Å². The number of anilines is 1. The molecule has 1 heterocycles. The normalized spacial score (nSPS) is 19.6. The predicted molar refractivity (Wildman–Crippen MR) is 60.7 cm³/mol.